The molecule has 1 aliphatic carbocycles. The number of hydrogen-bond acceptors (Lipinski definition) is 2. The third-order valence-electron chi connectivity index (χ3n) is 4.15. The van der Waals surface area contributed by atoms with Crippen LogP contribution in [0.3, 0.4) is 0 Å². The third-order valence-corrected chi connectivity index (χ3v) is 4.39. The number of nitrogens with one attached hydrogen (secondary N) is 1. The Morgan fingerprint density at radius 3 is 2.71 bits per heavy atom. The van der Waals surface area contributed by atoms with E-state index in [0.29, 0.717) is 18.0 Å². The topological polar surface area (TPSA) is 55.1 Å². The molecule has 0 aromatic heterocycles. The van der Waals surface area contributed by atoms with E-state index in [2.05, 4.69) is 5.32 Å². The smallest absolute Gasteiger partial charge is 0.242 e. The van der Waals surface area contributed by atoms with Crippen LogP contribution in [0.5, 0.6) is 0 Å². The van der Waals surface area contributed by atoms with Gasteiger partial charge in [-0.3, -0.25) is 10.1 Å². The van der Waals surface area contributed by atoms with Gasteiger partial charge in [-0.05, 0) is 41.7 Å². The summed E-state index contributed by atoms with van der Waals surface area (Å²) in [5.74, 6) is -0.334. The molecule has 21 heavy (non-hydrogen) atoms. The Labute approximate surface area is 129 Å². The maximum atomic E-state index is 12.1. The monoisotopic (exact) mass is 300 g/mol. The predicted molar refractivity (Wildman–Crippen MR) is 83.9 cm³/mol. The minimum Gasteiger partial charge on any atom is -0.368 e. The second-order valence-corrected chi connectivity index (χ2v) is 5.85. The number of primary amides is 1. The first kappa shape index (κ1) is 14.1. The van der Waals surface area contributed by atoms with Crippen molar-refractivity contribution in [2.75, 3.05) is 0 Å². The lowest BCUT2D eigenvalue weighted by Gasteiger charge is -2.28. The highest BCUT2D eigenvalue weighted by molar-refractivity contribution is 6.30. The average molecular weight is 301 g/mol. The molecule has 0 heterocycles. The van der Waals surface area contributed by atoms with Crippen molar-refractivity contribution in [1.82, 2.24) is 5.32 Å². The maximum absolute atomic E-state index is 12.1. The Morgan fingerprint density at radius 1 is 1.24 bits per heavy atom. The molecule has 108 valence electrons. The summed E-state index contributed by atoms with van der Waals surface area (Å²) in [6.07, 6.45) is 1.48. The molecule has 0 fully saturated rings. The number of halogens is 1. The molecule has 1 atom stereocenters. The van der Waals surface area contributed by atoms with Gasteiger partial charge in [-0.1, -0.05) is 48.0 Å². The lowest BCUT2D eigenvalue weighted by molar-refractivity contribution is -0.124. The van der Waals surface area contributed by atoms with E-state index in [9.17, 15) is 4.79 Å². The van der Waals surface area contributed by atoms with Crippen LogP contribution in [-0.4, -0.2) is 5.91 Å². The van der Waals surface area contributed by atoms with Gasteiger partial charge in [0, 0.05) is 11.6 Å². The molecule has 0 saturated carbocycles. The Hall–Kier alpha value is -1.84. The molecule has 0 bridgehead atoms. The van der Waals surface area contributed by atoms with Gasteiger partial charge in [0.1, 0.15) is 5.54 Å². The molecular formula is C17H17ClN2O. The summed E-state index contributed by atoms with van der Waals surface area (Å²) in [4.78, 5) is 12.1. The van der Waals surface area contributed by atoms with E-state index in [4.69, 9.17) is 17.3 Å². The van der Waals surface area contributed by atoms with Crippen molar-refractivity contribution in [3.63, 3.8) is 0 Å². The van der Waals surface area contributed by atoms with Gasteiger partial charge in [0.25, 0.3) is 0 Å². The zero-order valence-electron chi connectivity index (χ0n) is 11.6. The van der Waals surface area contributed by atoms with E-state index in [-0.39, 0.29) is 5.91 Å². The standard InChI is InChI=1S/C17H17ClN2O/c18-14-6-7-15-13(10-14)8-9-17(15,16(19)21)20-11-12-4-2-1-3-5-12/h1-7,10,20H,8-9,11H2,(H2,19,21). The summed E-state index contributed by atoms with van der Waals surface area (Å²) in [5, 5.41) is 4.06. The molecule has 0 aliphatic heterocycles. The molecule has 1 unspecified atom stereocenters. The number of aryl methyl sites for hydroxylation is 1. The number of benzene rings is 2. The van der Waals surface area contributed by atoms with Crippen molar-refractivity contribution in [2.24, 2.45) is 5.73 Å². The summed E-state index contributed by atoms with van der Waals surface area (Å²) >= 11 is 6.03. The molecular weight excluding hydrogens is 284 g/mol. The molecule has 3 rings (SSSR count). The fourth-order valence-electron chi connectivity index (χ4n) is 3.02. The molecule has 0 radical (unpaired) electrons. The summed E-state index contributed by atoms with van der Waals surface area (Å²) in [6.45, 7) is 0.603. The minimum absolute atomic E-state index is 0.334. The van der Waals surface area contributed by atoms with Gasteiger partial charge in [-0.15, -0.1) is 0 Å². The molecule has 1 amide bonds. The van der Waals surface area contributed by atoms with Crippen molar-refractivity contribution in [3.05, 3.63) is 70.2 Å². The SMILES string of the molecule is NC(=O)C1(NCc2ccccc2)CCc2cc(Cl)ccc21. The summed E-state index contributed by atoms with van der Waals surface area (Å²) in [6, 6.07) is 15.6. The van der Waals surface area contributed by atoms with Crippen LogP contribution in [0.2, 0.25) is 5.02 Å². The Kier molecular flexibility index (Phi) is 3.70. The molecule has 3 N–H and O–H groups in total. The van der Waals surface area contributed by atoms with Gasteiger partial charge < -0.3 is 5.73 Å². The number of amides is 1. The average Bonchev–Trinajstić information content (AvgIpc) is 2.85. The van der Waals surface area contributed by atoms with Crippen molar-refractivity contribution in [2.45, 2.75) is 24.9 Å². The van der Waals surface area contributed by atoms with Crippen LogP contribution in [-0.2, 0) is 23.3 Å². The first-order chi connectivity index (χ1) is 10.1. The van der Waals surface area contributed by atoms with E-state index < -0.39 is 5.54 Å². The van der Waals surface area contributed by atoms with Gasteiger partial charge in [-0.25, -0.2) is 0 Å². The zero-order chi connectivity index (χ0) is 14.9. The molecule has 0 saturated heterocycles. The normalized spacial score (nSPS) is 20.2. The number of hydrogen-bond donors (Lipinski definition) is 2. The summed E-state index contributed by atoms with van der Waals surface area (Å²) in [7, 11) is 0. The Morgan fingerprint density at radius 2 is 2.00 bits per heavy atom. The second-order valence-electron chi connectivity index (χ2n) is 5.41. The Bertz CT molecular complexity index is 672. The molecule has 2 aromatic rings. The maximum Gasteiger partial charge on any atom is 0.242 e. The van der Waals surface area contributed by atoms with E-state index in [1.807, 2.05) is 48.5 Å². The van der Waals surface area contributed by atoms with Crippen LogP contribution in [0.4, 0.5) is 0 Å². The van der Waals surface area contributed by atoms with Crippen LogP contribution in [0, 0.1) is 0 Å². The minimum atomic E-state index is -0.796. The van der Waals surface area contributed by atoms with Gasteiger partial charge >= 0.3 is 0 Å². The highest BCUT2D eigenvalue weighted by Crippen LogP contribution is 2.38. The van der Waals surface area contributed by atoms with Crippen LogP contribution in [0.1, 0.15) is 23.1 Å². The van der Waals surface area contributed by atoms with Crippen molar-refractivity contribution >= 4 is 17.5 Å². The molecule has 4 heteroatoms. The first-order valence-corrected chi connectivity index (χ1v) is 7.37. The fraction of sp³-hybridized carbons (Fsp3) is 0.235. The zero-order valence-corrected chi connectivity index (χ0v) is 12.4. The van der Waals surface area contributed by atoms with Crippen LogP contribution >= 0.6 is 11.6 Å². The lowest BCUT2D eigenvalue weighted by atomic mass is 9.90. The van der Waals surface area contributed by atoms with Crippen molar-refractivity contribution < 1.29 is 4.79 Å². The van der Waals surface area contributed by atoms with Gasteiger partial charge in [-0.2, -0.15) is 0 Å². The van der Waals surface area contributed by atoms with Gasteiger partial charge in [0.15, 0.2) is 0 Å². The number of rotatable bonds is 4. The molecule has 2 aromatic carbocycles. The number of nitrogens with two attached hydrogens (primary N) is 1. The van der Waals surface area contributed by atoms with E-state index >= 15 is 0 Å². The highest BCUT2D eigenvalue weighted by atomic mass is 35.5. The highest BCUT2D eigenvalue weighted by Gasteiger charge is 2.43. The molecule has 0 spiro atoms. The summed E-state index contributed by atoms with van der Waals surface area (Å²) in [5.41, 5.74) is 8.10. The molecule has 3 nitrogen and oxygen atoms in total. The van der Waals surface area contributed by atoms with Crippen LogP contribution < -0.4 is 11.1 Å². The van der Waals surface area contributed by atoms with E-state index in [0.717, 1.165) is 23.1 Å². The predicted octanol–water partition coefficient (Wildman–Crippen LogP) is 2.76. The largest absolute Gasteiger partial charge is 0.368 e. The van der Waals surface area contributed by atoms with E-state index in [1.54, 1.807) is 0 Å². The first-order valence-electron chi connectivity index (χ1n) is 6.99. The third kappa shape index (κ3) is 2.55. The van der Waals surface area contributed by atoms with Crippen molar-refractivity contribution in [3.8, 4) is 0 Å². The quantitative estimate of drug-likeness (QED) is 0.912. The Balaban J connectivity index is 1.91. The van der Waals surface area contributed by atoms with Crippen molar-refractivity contribution in [1.29, 1.82) is 0 Å². The number of carbonyl (C=O) groups is 1. The van der Waals surface area contributed by atoms with E-state index in [1.165, 1.54) is 0 Å². The summed E-state index contributed by atoms with van der Waals surface area (Å²) < 4.78 is 0. The number of fused-ring (bicyclic) bond motifs is 1. The van der Waals surface area contributed by atoms with Gasteiger partial charge in [0.2, 0.25) is 5.91 Å². The second kappa shape index (κ2) is 5.51. The number of carbonyl (C=O) groups excluding carboxylic acids is 1. The van der Waals surface area contributed by atoms with Gasteiger partial charge in [0.05, 0.1) is 0 Å². The molecule has 1 aliphatic rings. The van der Waals surface area contributed by atoms with Crippen LogP contribution in [0.25, 0.3) is 0 Å². The lowest BCUT2D eigenvalue weighted by Crippen LogP contribution is -2.50. The van der Waals surface area contributed by atoms with Crippen LogP contribution in [0.15, 0.2) is 48.5 Å². The fourth-order valence-corrected chi connectivity index (χ4v) is 3.21.